The van der Waals surface area contributed by atoms with E-state index < -0.39 is 0 Å². The molecule has 1 heterocycles. The summed E-state index contributed by atoms with van der Waals surface area (Å²) in [6.45, 7) is 5.83. The van der Waals surface area contributed by atoms with Crippen molar-refractivity contribution in [3.05, 3.63) is 0 Å². The Bertz CT molecular complexity index is 342. The van der Waals surface area contributed by atoms with Gasteiger partial charge in [-0.2, -0.15) is 5.26 Å². The highest BCUT2D eigenvalue weighted by Crippen LogP contribution is 2.33. The van der Waals surface area contributed by atoms with E-state index in [4.69, 9.17) is 5.26 Å². The number of likely N-dealkylation sites (tertiary alicyclic amines) is 1. The van der Waals surface area contributed by atoms with Crippen molar-refractivity contribution in [2.75, 3.05) is 13.1 Å². The smallest absolute Gasteiger partial charge is 0.225 e. The van der Waals surface area contributed by atoms with Crippen molar-refractivity contribution >= 4 is 5.91 Å². The zero-order chi connectivity index (χ0) is 13.2. The lowest BCUT2D eigenvalue weighted by atomic mass is 9.79. The summed E-state index contributed by atoms with van der Waals surface area (Å²) in [6, 6.07) is 2.39. The molecule has 0 unspecified atom stereocenters. The molecular weight excluding hydrogens is 224 g/mol. The van der Waals surface area contributed by atoms with Crippen LogP contribution in [0.2, 0.25) is 0 Å². The van der Waals surface area contributed by atoms with E-state index in [1.807, 2.05) is 11.8 Å². The van der Waals surface area contributed by atoms with E-state index in [0.29, 0.717) is 5.91 Å². The van der Waals surface area contributed by atoms with Gasteiger partial charge in [0.25, 0.3) is 0 Å². The summed E-state index contributed by atoms with van der Waals surface area (Å²) in [4.78, 5) is 14.4. The predicted molar refractivity (Wildman–Crippen MR) is 70.7 cm³/mol. The number of nitriles is 1. The maximum atomic E-state index is 12.4. The second-order valence-corrected chi connectivity index (χ2v) is 6.45. The quantitative estimate of drug-likeness (QED) is 0.716. The lowest BCUT2D eigenvalue weighted by Crippen LogP contribution is -2.44. The Morgan fingerprint density at radius 1 is 1.22 bits per heavy atom. The fourth-order valence-corrected chi connectivity index (χ4v) is 3.10. The van der Waals surface area contributed by atoms with Crippen LogP contribution in [-0.4, -0.2) is 23.9 Å². The molecule has 0 bridgehead atoms. The lowest BCUT2D eigenvalue weighted by molar-refractivity contribution is -0.138. The molecule has 0 atom stereocenters. The molecular formula is C15H24N2O. The third kappa shape index (κ3) is 2.85. The number of hydrogen-bond donors (Lipinski definition) is 0. The molecule has 1 aliphatic carbocycles. The minimum absolute atomic E-state index is 0.210. The molecule has 0 spiro atoms. The SMILES string of the molecule is CC1CCC(C(=O)N2CCC(C)(C#N)CC2)CC1. The van der Waals surface area contributed by atoms with Gasteiger partial charge in [0.15, 0.2) is 0 Å². The van der Waals surface area contributed by atoms with Crippen molar-refractivity contribution < 1.29 is 4.79 Å². The molecule has 2 fully saturated rings. The van der Waals surface area contributed by atoms with Crippen LogP contribution in [0.1, 0.15) is 52.4 Å². The van der Waals surface area contributed by atoms with Gasteiger partial charge in [-0.05, 0) is 51.4 Å². The van der Waals surface area contributed by atoms with Crippen LogP contribution in [0, 0.1) is 28.6 Å². The zero-order valence-electron chi connectivity index (χ0n) is 11.6. The van der Waals surface area contributed by atoms with Crippen LogP contribution in [0.4, 0.5) is 0 Å². The third-order valence-corrected chi connectivity index (χ3v) is 4.81. The molecule has 1 amide bonds. The largest absolute Gasteiger partial charge is 0.342 e. The molecule has 0 radical (unpaired) electrons. The van der Waals surface area contributed by atoms with Crippen LogP contribution >= 0.6 is 0 Å². The van der Waals surface area contributed by atoms with Crippen molar-refractivity contribution in [3.8, 4) is 6.07 Å². The van der Waals surface area contributed by atoms with Gasteiger partial charge in [0.1, 0.15) is 0 Å². The first-order chi connectivity index (χ1) is 8.54. The summed E-state index contributed by atoms with van der Waals surface area (Å²) in [5.41, 5.74) is -0.210. The fourth-order valence-electron chi connectivity index (χ4n) is 3.10. The van der Waals surface area contributed by atoms with E-state index in [2.05, 4.69) is 13.0 Å². The van der Waals surface area contributed by atoms with Gasteiger partial charge in [-0.15, -0.1) is 0 Å². The standard InChI is InChI=1S/C15H24N2O/c1-12-3-5-13(6-4-12)14(18)17-9-7-15(2,11-16)8-10-17/h12-13H,3-10H2,1-2H3. The maximum absolute atomic E-state index is 12.4. The fraction of sp³-hybridized carbons (Fsp3) is 0.867. The van der Waals surface area contributed by atoms with Crippen LogP contribution in [0.15, 0.2) is 0 Å². The minimum atomic E-state index is -0.210. The Hall–Kier alpha value is -1.04. The van der Waals surface area contributed by atoms with Crippen molar-refractivity contribution in [2.24, 2.45) is 17.3 Å². The molecule has 3 nitrogen and oxygen atoms in total. The van der Waals surface area contributed by atoms with Crippen LogP contribution in [0.25, 0.3) is 0 Å². The molecule has 18 heavy (non-hydrogen) atoms. The van der Waals surface area contributed by atoms with Crippen molar-refractivity contribution in [1.82, 2.24) is 4.90 Å². The summed E-state index contributed by atoms with van der Waals surface area (Å²) in [7, 11) is 0. The average Bonchev–Trinajstić information content (AvgIpc) is 2.40. The van der Waals surface area contributed by atoms with E-state index in [-0.39, 0.29) is 11.3 Å². The zero-order valence-corrected chi connectivity index (χ0v) is 11.6. The summed E-state index contributed by atoms with van der Waals surface area (Å²) in [5, 5.41) is 9.10. The van der Waals surface area contributed by atoms with Gasteiger partial charge in [0.2, 0.25) is 5.91 Å². The summed E-state index contributed by atoms with van der Waals surface area (Å²) in [5.74, 6) is 1.40. The second-order valence-electron chi connectivity index (χ2n) is 6.45. The summed E-state index contributed by atoms with van der Waals surface area (Å²) < 4.78 is 0. The minimum Gasteiger partial charge on any atom is -0.342 e. The molecule has 3 heteroatoms. The highest BCUT2D eigenvalue weighted by atomic mass is 16.2. The van der Waals surface area contributed by atoms with Gasteiger partial charge >= 0.3 is 0 Å². The molecule has 1 saturated heterocycles. The predicted octanol–water partition coefficient (Wildman–Crippen LogP) is 2.96. The first-order valence-electron chi connectivity index (χ1n) is 7.24. The van der Waals surface area contributed by atoms with E-state index in [1.165, 1.54) is 12.8 Å². The van der Waals surface area contributed by atoms with E-state index in [9.17, 15) is 4.79 Å². The van der Waals surface area contributed by atoms with Crippen LogP contribution in [-0.2, 0) is 4.79 Å². The highest BCUT2D eigenvalue weighted by Gasteiger charge is 2.34. The van der Waals surface area contributed by atoms with Crippen LogP contribution < -0.4 is 0 Å². The number of rotatable bonds is 1. The average molecular weight is 248 g/mol. The molecule has 1 saturated carbocycles. The van der Waals surface area contributed by atoms with Crippen molar-refractivity contribution in [1.29, 1.82) is 5.26 Å². The molecule has 0 aromatic heterocycles. The Kier molecular flexibility index (Phi) is 3.94. The summed E-state index contributed by atoms with van der Waals surface area (Å²) >= 11 is 0. The Labute approximate surface area is 110 Å². The monoisotopic (exact) mass is 248 g/mol. The summed E-state index contributed by atoms with van der Waals surface area (Å²) in [6.07, 6.45) is 6.18. The van der Waals surface area contributed by atoms with Gasteiger partial charge < -0.3 is 4.90 Å². The number of amides is 1. The topological polar surface area (TPSA) is 44.1 Å². The highest BCUT2D eigenvalue weighted by molar-refractivity contribution is 5.79. The van der Waals surface area contributed by atoms with Gasteiger partial charge in [-0.25, -0.2) is 0 Å². The van der Waals surface area contributed by atoms with Gasteiger partial charge in [0, 0.05) is 19.0 Å². The van der Waals surface area contributed by atoms with Gasteiger partial charge in [-0.1, -0.05) is 6.92 Å². The van der Waals surface area contributed by atoms with Crippen LogP contribution in [0.5, 0.6) is 0 Å². The maximum Gasteiger partial charge on any atom is 0.225 e. The van der Waals surface area contributed by atoms with Gasteiger partial charge in [0.05, 0.1) is 11.5 Å². The molecule has 0 N–H and O–H groups in total. The first-order valence-corrected chi connectivity index (χ1v) is 7.24. The van der Waals surface area contributed by atoms with Crippen molar-refractivity contribution in [2.45, 2.75) is 52.4 Å². The lowest BCUT2D eigenvalue weighted by Gasteiger charge is -2.37. The third-order valence-electron chi connectivity index (χ3n) is 4.81. The Balaban J connectivity index is 1.86. The normalized spacial score (nSPS) is 31.7. The molecule has 100 valence electrons. The molecule has 0 aromatic rings. The molecule has 0 aromatic carbocycles. The number of carbonyl (C=O) groups is 1. The Morgan fingerprint density at radius 2 is 1.78 bits per heavy atom. The first kappa shape index (κ1) is 13.4. The van der Waals surface area contributed by atoms with E-state index in [0.717, 1.165) is 44.7 Å². The number of carbonyl (C=O) groups excluding carboxylic acids is 1. The number of piperidine rings is 1. The van der Waals surface area contributed by atoms with E-state index in [1.54, 1.807) is 0 Å². The molecule has 2 aliphatic rings. The number of hydrogen-bond acceptors (Lipinski definition) is 2. The molecule has 2 rings (SSSR count). The second kappa shape index (κ2) is 5.30. The molecule has 1 aliphatic heterocycles. The number of nitrogens with zero attached hydrogens (tertiary/aromatic N) is 2. The van der Waals surface area contributed by atoms with Crippen molar-refractivity contribution in [3.63, 3.8) is 0 Å². The van der Waals surface area contributed by atoms with Crippen LogP contribution in [0.3, 0.4) is 0 Å². The Morgan fingerprint density at radius 3 is 2.28 bits per heavy atom. The van der Waals surface area contributed by atoms with E-state index >= 15 is 0 Å². The van der Waals surface area contributed by atoms with Gasteiger partial charge in [-0.3, -0.25) is 4.79 Å².